The molecule has 2 amide bonds. The molecule has 1 unspecified atom stereocenters. The van der Waals surface area contributed by atoms with Crippen molar-refractivity contribution in [3.05, 3.63) is 35.5 Å². The second-order valence-corrected chi connectivity index (χ2v) is 12.1. The molecule has 0 spiro atoms. The first kappa shape index (κ1) is 31.2. The van der Waals surface area contributed by atoms with Gasteiger partial charge in [0.1, 0.15) is 16.7 Å². The number of carbonyl (C=O) groups excluding carboxylic acids is 2. The van der Waals surface area contributed by atoms with Crippen LogP contribution < -0.4 is 14.5 Å². The van der Waals surface area contributed by atoms with Gasteiger partial charge in [-0.1, -0.05) is 56.0 Å². The van der Waals surface area contributed by atoms with Gasteiger partial charge in [-0.05, 0) is 37.6 Å². The Hall–Kier alpha value is -2.72. The van der Waals surface area contributed by atoms with Gasteiger partial charge in [0.05, 0.1) is 12.9 Å². The molecule has 3 heterocycles. The highest BCUT2D eigenvalue weighted by molar-refractivity contribution is 7.99. The molecule has 0 bridgehead atoms. The van der Waals surface area contributed by atoms with Crippen molar-refractivity contribution in [2.75, 3.05) is 68.5 Å². The fraction of sp³-hybridized carbons (Fsp3) is 0.600. The summed E-state index contributed by atoms with van der Waals surface area (Å²) >= 11 is 7.69. The third-order valence-electron chi connectivity index (χ3n) is 7.82. The number of methoxy groups -OCH3 is 1. The van der Waals surface area contributed by atoms with Gasteiger partial charge in [-0.25, -0.2) is 9.97 Å². The van der Waals surface area contributed by atoms with E-state index in [1.165, 1.54) is 31.0 Å². The second-order valence-electron chi connectivity index (χ2n) is 10.7. The number of anilines is 2. The van der Waals surface area contributed by atoms with Crippen LogP contribution in [-0.2, 0) is 9.59 Å². The Morgan fingerprint density at radius 3 is 2.34 bits per heavy atom. The topological polar surface area (TPSA) is 82.1 Å². The summed E-state index contributed by atoms with van der Waals surface area (Å²) in [6.07, 6.45) is 6.36. The van der Waals surface area contributed by atoms with Crippen LogP contribution in [0, 0.1) is 0 Å². The van der Waals surface area contributed by atoms with Crippen LogP contribution in [0.4, 0.5) is 11.5 Å². The molecule has 0 aliphatic carbocycles. The number of amides is 2. The minimum atomic E-state index is 0.0740. The largest absolute Gasteiger partial charge is 0.497 e. The van der Waals surface area contributed by atoms with Gasteiger partial charge in [0.15, 0.2) is 5.16 Å². The average molecular weight is 603 g/mol. The SMILES string of the molecule is CCCCCCCC(=O)N1CCN(c2cc(Cl)nc(SCC(=O)N3CCN(c4ccc(OC)cc4)CC3)n2)CC1C. The van der Waals surface area contributed by atoms with Gasteiger partial charge in [-0.3, -0.25) is 9.59 Å². The Balaban J connectivity index is 1.24. The van der Waals surface area contributed by atoms with Gasteiger partial charge in [-0.15, -0.1) is 0 Å². The number of carbonyl (C=O) groups is 2. The Kier molecular flexibility index (Phi) is 11.8. The van der Waals surface area contributed by atoms with Gasteiger partial charge in [-0.2, -0.15) is 0 Å². The molecule has 4 rings (SSSR count). The van der Waals surface area contributed by atoms with E-state index in [1.807, 2.05) is 34.1 Å². The van der Waals surface area contributed by atoms with Crippen LogP contribution in [0.2, 0.25) is 5.15 Å². The standard InChI is InChI=1S/C30H43ClN6O3S/c1-4-5-6-7-8-9-28(38)37-19-18-36(21-23(37)2)27-20-26(31)32-30(33-27)41-22-29(39)35-16-14-34(15-17-35)24-10-12-25(40-3)13-11-24/h10-13,20,23H,4-9,14-19,21-22H2,1-3H3. The molecule has 2 saturated heterocycles. The first-order chi connectivity index (χ1) is 19.9. The van der Waals surface area contributed by atoms with Crippen molar-refractivity contribution in [3.8, 4) is 5.75 Å². The Bertz CT molecular complexity index is 1150. The molecule has 41 heavy (non-hydrogen) atoms. The molecule has 1 atom stereocenters. The molecule has 1 aromatic heterocycles. The maximum absolute atomic E-state index is 13.0. The monoisotopic (exact) mass is 602 g/mol. The number of thioether (sulfide) groups is 1. The zero-order valence-corrected chi connectivity index (χ0v) is 26.1. The molecular formula is C30H43ClN6O3S. The van der Waals surface area contributed by atoms with E-state index in [1.54, 1.807) is 13.2 Å². The molecule has 9 nitrogen and oxygen atoms in total. The van der Waals surface area contributed by atoms with Crippen molar-refractivity contribution in [2.24, 2.45) is 0 Å². The summed E-state index contributed by atoms with van der Waals surface area (Å²) in [7, 11) is 1.66. The lowest BCUT2D eigenvalue weighted by Crippen LogP contribution is -2.54. The van der Waals surface area contributed by atoms with Gasteiger partial charge < -0.3 is 24.3 Å². The minimum absolute atomic E-state index is 0.0740. The number of unbranched alkanes of at least 4 members (excludes halogenated alkanes) is 4. The van der Waals surface area contributed by atoms with Gasteiger partial charge in [0.2, 0.25) is 11.8 Å². The number of ether oxygens (including phenoxy) is 1. The Morgan fingerprint density at radius 1 is 0.951 bits per heavy atom. The zero-order chi connectivity index (χ0) is 29.2. The first-order valence-electron chi connectivity index (χ1n) is 14.8. The minimum Gasteiger partial charge on any atom is -0.497 e. The van der Waals surface area contributed by atoms with E-state index in [4.69, 9.17) is 21.3 Å². The number of rotatable bonds is 12. The summed E-state index contributed by atoms with van der Waals surface area (Å²) in [5.74, 6) is 2.16. The lowest BCUT2D eigenvalue weighted by atomic mass is 10.1. The molecule has 2 fully saturated rings. The van der Waals surface area contributed by atoms with Crippen LogP contribution in [0.15, 0.2) is 35.5 Å². The maximum atomic E-state index is 13.0. The third-order valence-corrected chi connectivity index (χ3v) is 8.85. The molecular weight excluding hydrogens is 560 g/mol. The van der Waals surface area contributed by atoms with Crippen molar-refractivity contribution in [3.63, 3.8) is 0 Å². The number of hydrogen-bond acceptors (Lipinski definition) is 8. The van der Waals surface area contributed by atoms with Gasteiger partial charge in [0.25, 0.3) is 0 Å². The molecule has 224 valence electrons. The zero-order valence-electron chi connectivity index (χ0n) is 24.6. The number of hydrogen-bond donors (Lipinski definition) is 0. The summed E-state index contributed by atoms with van der Waals surface area (Å²) < 4.78 is 5.25. The van der Waals surface area contributed by atoms with Crippen molar-refractivity contribution < 1.29 is 14.3 Å². The van der Waals surface area contributed by atoms with E-state index in [2.05, 4.69) is 28.6 Å². The van der Waals surface area contributed by atoms with Crippen LogP contribution in [0.25, 0.3) is 0 Å². The molecule has 0 N–H and O–H groups in total. The van der Waals surface area contributed by atoms with E-state index in [-0.39, 0.29) is 23.6 Å². The summed E-state index contributed by atoms with van der Waals surface area (Å²) in [4.78, 5) is 43.2. The molecule has 1 aromatic carbocycles. The lowest BCUT2D eigenvalue weighted by molar-refractivity contribution is -0.133. The number of piperazine rings is 2. The van der Waals surface area contributed by atoms with Crippen LogP contribution in [0.5, 0.6) is 5.75 Å². The number of aromatic nitrogens is 2. The van der Waals surface area contributed by atoms with Crippen LogP contribution in [-0.4, -0.2) is 96.3 Å². The van der Waals surface area contributed by atoms with Crippen molar-refractivity contribution in [1.82, 2.24) is 19.8 Å². The number of nitrogens with zero attached hydrogens (tertiary/aromatic N) is 6. The van der Waals surface area contributed by atoms with Crippen molar-refractivity contribution in [2.45, 2.75) is 63.6 Å². The smallest absolute Gasteiger partial charge is 0.233 e. The predicted octanol–water partition coefficient (Wildman–Crippen LogP) is 4.98. The van der Waals surface area contributed by atoms with Crippen LogP contribution in [0.3, 0.4) is 0 Å². The normalized spacial score (nSPS) is 17.6. The van der Waals surface area contributed by atoms with Crippen LogP contribution in [0.1, 0.15) is 52.4 Å². The summed E-state index contributed by atoms with van der Waals surface area (Å²) in [6.45, 7) is 9.26. The van der Waals surface area contributed by atoms with Crippen molar-refractivity contribution >= 4 is 46.7 Å². The lowest BCUT2D eigenvalue weighted by Gasteiger charge is -2.40. The Labute approximate surface area is 253 Å². The highest BCUT2D eigenvalue weighted by atomic mass is 35.5. The molecule has 2 aromatic rings. The van der Waals surface area contributed by atoms with E-state index >= 15 is 0 Å². The first-order valence-corrected chi connectivity index (χ1v) is 16.1. The summed E-state index contributed by atoms with van der Waals surface area (Å²) in [6, 6.07) is 9.88. The highest BCUT2D eigenvalue weighted by Crippen LogP contribution is 2.25. The van der Waals surface area contributed by atoms with E-state index < -0.39 is 0 Å². The Morgan fingerprint density at radius 2 is 1.66 bits per heavy atom. The number of benzene rings is 1. The highest BCUT2D eigenvalue weighted by Gasteiger charge is 2.28. The van der Waals surface area contributed by atoms with Gasteiger partial charge in [0, 0.05) is 70.0 Å². The third kappa shape index (κ3) is 8.88. The molecule has 2 aliphatic heterocycles. The van der Waals surface area contributed by atoms with E-state index in [0.717, 1.165) is 43.2 Å². The molecule has 0 saturated carbocycles. The molecule has 11 heteroatoms. The molecule has 2 aliphatic rings. The van der Waals surface area contributed by atoms with E-state index in [9.17, 15) is 9.59 Å². The van der Waals surface area contributed by atoms with Crippen molar-refractivity contribution in [1.29, 1.82) is 0 Å². The van der Waals surface area contributed by atoms with Crippen LogP contribution >= 0.6 is 23.4 Å². The maximum Gasteiger partial charge on any atom is 0.233 e. The van der Waals surface area contributed by atoms with Gasteiger partial charge >= 0.3 is 0 Å². The average Bonchev–Trinajstić information content (AvgIpc) is 2.99. The fourth-order valence-electron chi connectivity index (χ4n) is 5.40. The van der Waals surface area contributed by atoms with E-state index in [0.29, 0.717) is 49.5 Å². The quantitative estimate of drug-likeness (QED) is 0.146. The predicted molar refractivity (Wildman–Crippen MR) is 166 cm³/mol. The summed E-state index contributed by atoms with van der Waals surface area (Å²) in [5.41, 5.74) is 1.13. The second kappa shape index (κ2) is 15.5. The number of halogens is 1. The summed E-state index contributed by atoms with van der Waals surface area (Å²) in [5, 5.41) is 0.854. The molecule has 0 radical (unpaired) electrons. The fourth-order valence-corrected chi connectivity index (χ4v) is 6.38.